The maximum atomic E-state index is 6.20. The van der Waals surface area contributed by atoms with Crippen molar-refractivity contribution in [2.45, 2.75) is 32.7 Å². The molecule has 2 aliphatic carbocycles. The van der Waals surface area contributed by atoms with Crippen molar-refractivity contribution >= 4 is 11.3 Å². The van der Waals surface area contributed by atoms with Crippen molar-refractivity contribution in [2.75, 3.05) is 24.9 Å². The molecule has 0 saturated heterocycles. The molecule has 0 saturated carbocycles. The first-order valence-corrected chi connectivity index (χ1v) is 12.1. The summed E-state index contributed by atoms with van der Waals surface area (Å²) in [5, 5.41) is 0. The van der Waals surface area contributed by atoms with E-state index in [9.17, 15) is 0 Å². The van der Waals surface area contributed by atoms with Crippen LogP contribution in [0.5, 0.6) is 5.75 Å². The summed E-state index contributed by atoms with van der Waals surface area (Å²) >= 11 is 0. The predicted molar refractivity (Wildman–Crippen MR) is 132 cm³/mol. The largest absolute Gasteiger partial charge is 0.477 e. The highest BCUT2D eigenvalue weighted by molar-refractivity contribution is 5.73. The molecule has 0 aromatic heterocycles. The third-order valence-corrected chi connectivity index (χ3v) is 7.26. The van der Waals surface area contributed by atoms with Gasteiger partial charge in [-0.25, -0.2) is 0 Å². The van der Waals surface area contributed by atoms with E-state index in [1.807, 2.05) is 0 Å². The van der Waals surface area contributed by atoms with Gasteiger partial charge in [0.25, 0.3) is 0 Å². The van der Waals surface area contributed by atoms with Gasteiger partial charge in [-0.1, -0.05) is 43.3 Å². The smallest absolute Gasteiger partial charge is 0.227 e. The monoisotopic (exact) mass is 439 g/mol. The molecule has 2 atom stereocenters. The second-order valence-corrected chi connectivity index (χ2v) is 9.51. The normalized spacial score (nSPS) is 24.2. The number of anilines is 1. The van der Waals surface area contributed by atoms with Crippen molar-refractivity contribution in [1.29, 1.82) is 0 Å². The van der Waals surface area contributed by atoms with Crippen LogP contribution in [0, 0.1) is 5.92 Å². The number of nitrogens with one attached hydrogen (secondary N) is 1. The Hall–Kier alpha value is -3.24. The summed E-state index contributed by atoms with van der Waals surface area (Å²) in [4.78, 5) is 3.73. The summed E-state index contributed by atoms with van der Waals surface area (Å²) in [6.07, 6.45) is 12.3. The van der Waals surface area contributed by atoms with Gasteiger partial charge >= 0.3 is 0 Å². The van der Waals surface area contributed by atoms with Crippen LogP contribution in [-0.2, 0) is 11.3 Å². The molecule has 4 heteroatoms. The van der Waals surface area contributed by atoms with Crippen LogP contribution < -0.4 is 14.5 Å². The first kappa shape index (κ1) is 20.4. The second-order valence-electron chi connectivity index (χ2n) is 9.51. The van der Waals surface area contributed by atoms with Crippen LogP contribution in [0.25, 0.3) is 5.57 Å². The number of fused-ring (bicyclic) bond motifs is 1. The number of ether oxygens (including phenoxy) is 2. The van der Waals surface area contributed by atoms with Gasteiger partial charge in [0.05, 0.1) is 0 Å². The molecular formula is C29H31N2O2+. The number of hydrogen-bond donors (Lipinski definition) is 1. The van der Waals surface area contributed by atoms with Gasteiger partial charge in [-0.3, -0.25) is 4.90 Å². The lowest BCUT2D eigenvalue weighted by Gasteiger charge is -2.36. The summed E-state index contributed by atoms with van der Waals surface area (Å²) < 4.78 is 12.4. The first-order valence-electron chi connectivity index (χ1n) is 12.1. The van der Waals surface area contributed by atoms with E-state index in [0.717, 1.165) is 43.9 Å². The summed E-state index contributed by atoms with van der Waals surface area (Å²) in [6, 6.07) is 17.3. The van der Waals surface area contributed by atoms with Gasteiger partial charge in [0.1, 0.15) is 23.8 Å². The molecule has 4 nitrogen and oxygen atoms in total. The van der Waals surface area contributed by atoms with Crippen LogP contribution in [-0.4, -0.2) is 20.0 Å². The number of para-hydroxylation sites is 1. The lowest BCUT2D eigenvalue weighted by Crippen LogP contribution is -3.10. The van der Waals surface area contributed by atoms with Gasteiger partial charge in [0, 0.05) is 36.2 Å². The average molecular weight is 440 g/mol. The van der Waals surface area contributed by atoms with Gasteiger partial charge in [0.2, 0.25) is 6.73 Å². The van der Waals surface area contributed by atoms with E-state index in [4.69, 9.17) is 9.47 Å². The lowest BCUT2D eigenvalue weighted by molar-refractivity contribution is -0.896. The molecule has 0 spiro atoms. The number of quaternary nitrogens is 1. The Morgan fingerprint density at radius 3 is 2.82 bits per heavy atom. The summed E-state index contributed by atoms with van der Waals surface area (Å²) in [5.41, 5.74) is 7.99. The molecule has 2 unspecified atom stereocenters. The van der Waals surface area contributed by atoms with Crippen molar-refractivity contribution in [3.8, 4) is 5.75 Å². The standard InChI is InChI=1S/C29H30N2O2/c1-21-14-29-24(18-31(20-33-29)26-10-6-3-7-11-26)16-27(21)22-12-13-28-23(15-22)17-30(19-32-28)25-8-4-2-5-9-25/h2-4,6-8,10-13,15-16,21H,5,9,14,17-20H2,1H3/p+1. The van der Waals surface area contributed by atoms with Crippen LogP contribution >= 0.6 is 0 Å². The molecule has 2 heterocycles. The fourth-order valence-corrected chi connectivity index (χ4v) is 5.38. The van der Waals surface area contributed by atoms with Crippen molar-refractivity contribution in [3.05, 3.63) is 101 Å². The van der Waals surface area contributed by atoms with E-state index in [1.165, 1.54) is 38.6 Å². The van der Waals surface area contributed by atoms with Crippen LogP contribution in [0.1, 0.15) is 37.3 Å². The quantitative estimate of drug-likeness (QED) is 0.742. The summed E-state index contributed by atoms with van der Waals surface area (Å²) in [6.45, 7) is 5.54. The Kier molecular flexibility index (Phi) is 5.31. The van der Waals surface area contributed by atoms with Crippen LogP contribution in [0.15, 0.2) is 89.9 Å². The van der Waals surface area contributed by atoms with Crippen molar-refractivity contribution in [1.82, 2.24) is 0 Å². The average Bonchev–Trinajstić information content (AvgIpc) is 2.88. The Morgan fingerprint density at radius 2 is 1.97 bits per heavy atom. The minimum Gasteiger partial charge on any atom is -0.477 e. The number of benzene rings is 2. The summed E-state index contributed by atoms with van der Waals surface area (Å²) in [5.74, 6) is 2.63. The highest BCUT2D eigenvalue weighted by Gasteiger charge is 2.29. The van der Waals surface area contributed by atoms with Gasteiger partial charge in [-0.2, -0.15) is 0 Å². The van der Waals surface area contributed by atoms with E-state index in [1.54, 1.807) is 0 Å². The van der Waals surface area contributed by atoms with Gasteiger partial charge in [0.15, 0.2) is 6.73 Å². The third kappa shape index (κ3) is 4.00. The van der Waals surface area contributed by atoms with Crippen molar-refractivity contribution in [3.63, 3.8) is 0 Å². The van der Waals surface area contributed by atoms with Crippen LogP contribution in [0.4, 0.5) is 5.69 Å². The van der Waals surface area contributed by atoms with Crippen molar-refractivity contribution < 1.29 is 14.4 Å². The predicted octanol–water partition coefficient (Wildman–Crippen LogP) is 4.83. The number of rotatable bonds is 3. The van der Waals surface area contributed by atoms with Crippen LogP contribution in [0.3, 0.4) is 0 Å². The Balaban J connectivity index is 1.27. The van der Waals surface area contributed by atoms with E-state index in [-0.39, 0.29) is 0 Å². The molecule has 0 fully saturated rings. The molecule has 168 valence electrons. The molecule has 2 aliphatic heterocycles. The van der Waals surface area contributed by atoms with E-state index in [2.05, 4.69) is 84.7 Å². The van der Waals surface area contributed by atoms with E-state index >= 15 is 0 Å². The minimum atomic E-state index is 0.434. The SMILES string of the molecule is CC1CC2=C(C=C1c1ccc3c(c1)C[NH+](C1=CC=CCC1)CO3)CN(c1ccccc1)CO2. The molecule has 2 aromatic carbocycles. The molecular weight excluding hydrogens is 408 g/mol. The highest BCUT2D eigenvalue weighted by Crippen LogP contribution is 2.39. The highest BCUT2D eigenvalue weighted by atomic mass is 16.5. The van der Waals surface area contributed by atoms with Crippen molar-refractivity contribution in [2.24, 2.45) is 5.92 Å². The summed E-state index contributed by atoms with van der Waals surface area (Å²) in [7, 11) is 0. The van der Waals surface area contributed by atoms with Gasteiger partial charge in [-0.15, -0.1) is 0 Å². The topological polar surface area (TPSA) is 26.1 Å². The lowest BCUT2D eigenvalue weighted by atomic mass is 9.83. The second kappa shape index (κ2) is 8.60. The molecule has 4 aliphatic rings. The maximum absolute atomic E-state index is 6.20. The Labute approximate surface area is 196 Å². The molecule has 6 rings (SSSR count). The number of hydrogen-bond acceptors (Lipinski definition) is 3. The third-order valence-electron chi connectivity index (χ3n) is 7.26. The van der Waals surface area contributed by atoms with E-state index < -0.39 is 0 Å². The Morgan fingerprint density at radius 1 is 1.06 bits per heavy atom. The maximum Gasteiger partial charge on any atom is 0.227 e. The van der Waals surface area contributed by atoms with Gasteiger partial charge < -0.3 is 14.4 Å². The molecule has 2 aromatic rings. The number of nitrogens with zero attached hydrogens (tertiary/aromatic N) is 1. The fraction of sp³-hybridized carbons (Fsp3) is 0.310. The zero-order chi connectivity index (χ0) is 22.2. The van der Waals surface area contributed by atoms with E-state index in [0.29, 0.717) is 19.4 Å². The van der Waals surface area contributed by atoms with Crippen LogP contribution in [0.2, 0.25) is 0 Å². The molecule has 0 amide bonds. The minimum absolute atomic E-state index is 0.434. The number of allylic oxidation sites excluding steroid dienone is 6. The zero-order valence-electron chi connectivity index (χ0n) is 19.2. The molecule has 33 heavy (non-hydrogen) atoms. The van der Waals surface area contributed by atoms with Gasteiger partial charge in [-0.05, 0) is 59.9 Å². The first-order chi connectivity index (χ1) is 16.2. The molecule has 0 radical (unpaired) electrons. The molecule has 1 N–H and O–H groups in total. The fourth-order valence-electron chi connectivity index (χ4n) is 5.38. The molecule has 0 bridgehead atoms. The zero-order valence-corrected chi connectivity index (χ0v) is 19.2. The Bertz CT molecular complexity index is 1180.